The van der Waals surface area contributed by atoms with E-state index in [1.54, 1.807) is 12.1 Å². The van der Waals surface area contributed by atoms with Crippen molar-refractivity contribution in [3.63, 3.8) is 0 Å². The molecule has 0 radical (unpaired) electrons. The van der Waals surface area contributed by atoms with Gasteiger partial charge in [0.25, 0.3) is 0 Å². The first-order chi connectivity index (χ1) is 8.85. The molecule has 5 nitrogen and oxygen atoms in total. The maximum Gasteiger partial charge on any atom is 0.148 e. The predicted octanol–water partition coefficient (Wildman–Crippen LogP) is 1.09. The van der Waals surface area contributed by atoms with Gasteiger partial charge >= 0.3 is 0 Å². The minimum Gasteiger partial charge on any atom is -0.495 e. The Hall–Kier alpha value is -1.58. The van der Waals surface area contributed by atoms with Crippen molar-refractivity contribution in [1.82, 2.24) is 5.32 Å². The van der Waals surface area contributed by atoms with E-state index in [0.717, 1.165) is 5.56 Å². The van der Waals surface area contributed by atoms with Crippen molar-refractivity contribution in [3.8, 4) is 11.8 Å². The van der Waals surface area contributed by atoms with Crippen LogP contribution in [0.5, 0.6) is 5.75 Å². The summed E-state index contributed by atoms with van der Waals surface area (Å²) in [5.74, 6) is 0.623. The van der Waals surface area contributed by atoms with Gasteiger partial charge in [-0.25, -0.2) is 8.42 Å². The minimum absolute atomic E-state index is 0.0976. The van der Waals surface area contributed by atoms with Crippen molar-refractivity contribution in [1.29, 1.82) is 5.26 Å². The van der Waals surface area contributed by atoms with E-state index in [0.29, 0.717) is 17.9 Å². The second-order valence-corrected chi connectivity index (χ2v) is 6.71. The molecule has 0 bridgehead atoms. The Morgan fingerprint density at radius 2 is 2.16 bits per heavy atom. The van der Waals surface area contributed by atoms with Crippen LogP contribution in [-0.4, -0.2) is 33.6 Å². The molecule has 0 aliphatic carbocycles. The number of methoxy groups -OCH3 is 1. The molecule has 0 saturated heterocycles. The molecule has 0 aromatic heterocycles. The van der Waals surface area contributed by atoms with E-state index in [1.165, 1.54) is 13.4 Å². The maximum atomic E-state index is 11.1. The van der Waals surface area contributed by atoms with Crippen molar-refractivity contribution in [2.45, 2.75) is 19.5 Å². The van der Waals surface area contributed by atoms with Gasteiger partial charge in [0.15, 0.2) is 0 Å². The number of hydrogen-bond donors (Lipinski definition) is 1. The van der Waals surface area contributed by atoms with Gasteiger partial charge in [0.2, 0.25) is 0 Å². The first-order valence-corrected chi connectivity index (χ1v) is 7.90. The fourth-order valence-electron chi connectivity index (χ4n) is 1.74. The molecule has 0 saturated carbocycles. The lowest BCUT2D eigenvalue weighted by molar-refractivity contribution is 0.412. The number of nitrogens with one attached hydrogen (secondary N) is 1. The van der Waals surface area contributed by atoms with Crippen LogP contribution in [0.2, 0.25) is 0 Å². The standard InChI is InChI=1S/C13H18N2O3S/c1-10(9-19(3,16)17)15-8-11-4-5-12(7-14)13(6-11)18-2/h4-6,10,15H,8-9H2,1-3H3. The number of nitriles is 1. The molecule has 1 atom stereocenters. The summed E-state index contributed by atoms with van der Waals surface area (Å²) in [4.78, 5) is 0. The summed E-state index contributed by atoms with van der Waals surface area (Å²) in [6.07, 6.45) is 1.22. The van der Waals surface area contributed by atoms with Gasteiger partial charge < -0.3 is 10.1 Å². The first-order valence-electron chi connectivity index (χ1n) is 5.84. The highest BCUT2D eigenvalue weighted by molar-refractivity contribution is 7.90. The number of sulfone groups is 1. The van der Waals surface area contributed by atoms with Gasteiger partial charge in [0.05, 0.1) is 18.4 Å². The average molecular weight is 282 g/mol. The quantitative estimate of drug-likeness (QED) is 0.845. The fourth-order valence-corrected chi connectivity index (χ4v) is 2.77. The van der Waals surface area contributed by atoms with Gasteiger partial charge in [0, 0.05) is 18.8 Å². The summed E-state index contributed by atoms with van der Waals surface area (Å²) >= 11 is 0. The fraction of sp³-hybridized carbons (Fsp3) is 0.462. The molecule has 19 heavy (non-hydrogen) atoms. The molecule has 1 N–H and O–H groups in total. The van der Waals surface area contributed by atoms with E-state index in [-0.39, 0.29) is 11.8 Å². The van der Waals surface area contributed by atoms with E-state index >= 15 is 0 Å². The van der Waals surface area contributed by atoms with Gasteiger partial charge in [-0.1, -0.05) is 6.07 Å². The van der Waals surface area contributed by atoms with E-state index in [9.17, 15) is 8.42 Å². The summed E-state index contributed by atoms with van der Waals surface area (Å²) in [7, 11) is -1.47. The zero-order chi connectivity index (χ0) is 14.5. The molecule has 1 aromatic carbocycles. The third-order valence-corrected chi connectivity index (χ3v) is 3.70. The van der Waals surface area contributed by atoms with Gasteiger partial charge in [-0.15, -0.1) is 0 Å². The smallest absolute Gasteiger partial charge is 0.148 e. The third kappa shape index (κ3) is 5.28. The van der Waals surface area contributed by atoms with Crippen molar-refractivity contribution in [2.75, 3.05) is 19.1 Å². The lowest BCUT2D eigenvalue weighted by Crippen LogP contribution is -2.32. The summed E-state index contributed by atoms with van der Waals surface area (Å²) < 4.78 is 27.4. The molecule has 0 amide bonds. The van der Waals surface area contributed by atoms with E-state index < -0.39 is 9.84 Å². The molecule has 0 aliphatic rings. The Bertz CT molecular complexity index is 576. The summed E-state index contributed by atoms with van der Waals surface area (Å²) in [5.41, 5.74) is 1.42. The highest BCUT2D eigenvalue weighted by Crippen LogP contribution is 2.19. The largest absolute Gasteiger partial charge is 0.495 e. The summed E-state index contributed by atoms with van der Waals surface area (Å²) in [6, 6.07) is 7.21. The van der Waals surface area contributed by atoms with E-state index in [1.807, 2.05) is 19.1 Å². The van der Waals surface area contributed by atoms with Gasteiger partial charge in [-0.2, -0.15) is 5.26 Å². The molecule has 0 heterocycles. The predicted molar refractivity (Wildman–Crippen MR) is 73.7 cm³/mol. The van der Waals surface area contributed by atoms with E-state index in [4.69, 9.17) is 10.00 Å². The van der Waals surface area contributed by atoms with Gasteiger partial charge in [-0.3, -0.25) is 0 Å². The normalized spacial score (nSPS) is 12.7. The number of benzene rings is 1. The second kappa shape index (κ2) is 6.55. The maximum absolute atomic E-state index is 11.1. The Balaban J connectivity index is 2.66. The third-order valence-electron chi connectivity index (χ3n) is 2.59. The zero-order valence-electron chi connectivity index (χ0n) is 11.3. The zero-order valence-corrected chi connectivity index (χ0v) is 12.1. The van der Waals surface area contributed by atoms with E-state index in [2.05, 4.69) is 5.32 Å². The number of rotatable bonds is 6. The molecule has 0 spiro atoms. The molecular formula is C13H18N2O3S. The van der Waals surface area contributed by atoms with Crippen LogP contribution >= 0.6 is 0 Å². The van der Waals surface area contributed by atoms with Crippen molar-refractivity contribution in [3.05, 3.63) is 29.3 Å². The Kier molecular flexibility index (Phi) is 5.33. The highest BCUT2D eigenvalue weighted by atomic mass is 32.2. The van der Waals surface area contributed by atoms with Crippen LogP contribution in [-0.2, 0) is 16.4 Å². The van der Waals surface area contributed by atoms with Crippen LogP contribution in [0.1, 0.15) is 18.1 Å². The number of ether oxygens (including phenoxy) is 1. The SMILES string of the molecule is COc1cc(CNC(C)CS(C)(=O)=O)ccc1C#N. The molecule has 1 aromatic rings. The minimum atomic E-state index is -2.98. The van der Waals surface area contributed by atoms with Crippen molar-refractivity contribution in [2.24, 2.45) is 0 Å². The molecule has 1 unspecified atom stereocenters. The summed E-state index contributed by atoms with van der Waals surface area (Å²) in [5, 5.41) is 12.0. The molecular weight excluding hydrogens is 264 g/mol. The molecule has 1 rings (SSSR count). The molecule has 104 valence electrons. The molecule has 6 heteroatoms. The Morgan fingerprint density at radius 3 is 2.68 bits per heavy atom. The average Bonchev–Trinajstić information content (AvgIpc) is 2.33. The molecule has 0 aliphatic heterocycles. The van der Waals surface area contributed by atoms with Crippen LogP contribution in [0.25, 0.3) is 0 Å². The number of hydrogen-bond acceptors (Lipinski definition) is 5. The van der Waals surface area contributed by atoms with Crippen LogP contribution in [0.3, 0.4) is 0 Å². The van der Waals surface area contributed by atoms with Crippen molar-refractivity contribution >= 4 is 9.84 Å². The summed E-state index contributed by atoms with van der Waals surface area (Å²) in [6.45, 7) is 2.35. The van der Waals surface area contributed by atoms with Crippen LogP contribution in [0.4, 0.5) is 0 Å². The molecule has 0 fully saturated rings. The second-order valence-electron chi connectivity index (χ2n) is 4.52. The Morgan fingerprint density at radius 1 is 1.47 bits per heavy atom. The van der Waals surface area contributed by atoms with Crippen LogP contribution in [0.15, 0.2) is 18.2 Å². The lowest BCUT2D eigenvalue weighted by atomic mass is 10.1. The highest BCUT2D eigenvalue weighted by Gasteiger charge is 2.10. The first kappa shape index (κ1) is 15.5. The topological polar surface area (TPSA) is 79.2 Å². The Labute approximate surface area is 114 Å². The lowest BCUT2D eigenvalue weighted by Gasteiger charge is -2.13. The monoisotopic (exact) mass is 282 g/mol. The number of nitrogens with zero attached hydrogens (tertiary/aromatic N) is 1. The van der Waals surface area contributed by atoms with Crippen molar-refractivity contribution < 1.29 is 13.2 Å². The van der Waals surface area contributed by atoms with Crippen LogP contribution < -0.4 is 10.1 Å². The van der Waals surface area contributed by atoms with Crippen LogP contribution in [0, 0.1) is 11.3 Å². The van der Waals surface area contributed by atoms with Gasteiger partial charge in [-0.05, 0) is 24.6 Å². The van der Waals surface area contributed by atoms with Gasteiger partial charge in [0.1, 0.15) is 21.7 Å².